The number of nitrogens with one attached hydrogen (secondary N) is 2. The van der Waals surface area contributed by atoms with E-state index in [4.69, 9.17) is 16.3 Å². The van der Waals surface area contributed by atoms with Crippen molar-refractivity contribution in [2.24, 2.45) is 0 Å². The number of H-pyrrole nitrogens is 1. The lowest BCUT2D eigenvalue weighted by atomic mass is 10.1. The highest BCUT2D eigenvalue weighted by molar-refractivity contribution is 6.31. The molecule has 0 atom stereocenters. The fourth-order valence-corrected chi connectivity index (χ4v) is 2.57. The second-order valence-electron chi connectivity index (χ2n) is 5.26. The van der Waals surface area contributed by atoms with Crippen LogP contribution in [0.4, 0.5) is 5.69 Å². The van der Waals surface area contributed by atoms with Crippen LogP contribution in [0.2, 0.25) is 5.02 Å². The van der Waals surface area contributed by atoms with Gasteiger partial charge in [0.1, 0.15) is 5.69 Å². The zero-order chi connectivity index (χ0) is 17.1. The third-order valence-corrected chi connectivity index (χ3v) is 3.83. The van der Waals surface area contributed by atoms with E-state index < -0.39 is 5.97 Å². The first-order chi connectivity index (χ1) is 10.8. The molecular weight excluding hydrogens is 316 g/mol. The molecule has 2 N–H and O–H groups in total. The number of aryl methyl sites for hydroxylation is 2. The highest BCUT2D eigenvalue weighted by atomic mass is 35.5. The molecule has 0 saturated carbocycles. The lowest BCUT2D eigenvalue weighted by Crippen LogP contribution is -2.15. The molecule has 1 amide bonds. The van der Waals surface area contributed by atoms with Crippen molar-refractivity contribution in [1.29, 1.82) is 0 Å². The molecule has 2 rings (SSSR count). The summed E-state index contributed by atoms with van der Waals surface area (Å²) in [5.41, 5.74) is 3.44. The maximum Gasteiger partial charge on any atom is 0.340 e. The van der Waals surface area contributed by atoms with Gasteiger partial charge in [-0.3, -0.25) is 4.79 Å². The van der Waals surface area contributed by atoms with Crippen molar-refractivity contribution in [3.63, 3.8) is 0 Å². The molecular formula is C17H19ClN2O3. The van der Waals surface area contributed by atoms with E-state index in [9.17, 15) is 9.59 Å². The van der Waals surface area contributed by atoms with Gasteiger partial charge in [-0.05, 0) is 51.0 Å². The highest BCUT2D eigenvalue weighted by Gasteiger charge is 2.23. The molecule has 23 heavy (non-hydrogen) atoms. The van der Waals surface area contributed by atoms with Crippen molar-refractivity contribution in [2.45, 2.75) is 27.7 Å². The summed E-state index contributed by atoms with van der Waals surface area (Å²) in [6, 6.07) is 5.27. The molecule has 0 aliphatic heterocycles. The Hall–Kier alpha value is -2.27. The van der Waals surface area contributed by atoms with Crippen molar-refractivity contribution in [3.8, 4) is 0 Å². The molecule has 1 aromatic carbocycles. The first kappa shape index (κ1) is 17.1. The van der Waals surface area contributed by atoms with E-state index >= 15 is 0 Å². The average molecular weight is 335 g/mol. The number of aromatic amines is 1. The average Bonchev–Trinajstić information content (AvgIpc) is 2.78. The summed E-state index contributed by atoms with van der Waals surface area (Å²) < 4.78 is 5.03. The van der Waals surface area contributed by atoms with E-state index in [2.05, 4.69) is 10.3 Å². The van der Waals surface area contributed by atoms with Gasteiger partial charge in [0.05, 0.1) is 12.2 Å². The van der Waals surface area contributed by atoms with Crippen molar-refractivity contribution in [2.75, 3.05) is 11.9 Å². The Labute approximate surface area is 140 Å². The number of esters is 1. The predicted molar refractivity (Wildman–Crippen MR) is 90.4 cm³/mol. The van der Waals surface area contributed by atoms with Gasteiger partial charge in [0.25, 0.3) is 5.91 Å². The molecule has 2 aromatic rings. The SMILES string of the molecule is CCOC(=O)c1c(C)[nH]c(C(=O)Nc2cc(Cl)ccc2C)c1C. The number of carbonyl (C=O) groups is 2. The minimum atomic E-state index is -0.434. The second-order valence-corrected chi connectivity index (χ2v) is 5.70. The summed E-state index contributed by atoms with van der Waals surface area (Å²) >= 11 is 5.96. The van der Waals surface area contributed by atoms with Crippen molar-refractivity contribution in [3.05, 3.63) is 51.3 Å². The molecule has 0 unspecified atom stereocenters. The fraction of sp³-hybridized carbons (Fsp3) is 0.294. The summed E-state index contributed by atoms with van der Waals surface area (Å²) in [7, 11) is 0. The number of carbonyl (C=O) groups excluding carboxylic acids is 2. The van der Waals surface area contributed by atoms with Crippen LogP contribution in [0, 0.1) is 20.8 Å². The van der Waals surface area contributed by atoms with Crippen LogP contribution >= 0.6 is 11.6 Å². The Morgan fingerprint density at radius 2 is 1.96 bits per heavy atom. The number of hydrogen-bond donors (Lipinski definition) is 2. The van der Waals surface area contributed by atoms with Gasteiger partial charge in [-0.25, -0.2) is 4.79 Å². The number of amides is 1. The molecule has 0 radical (unpaired) electrons. The van der Waals surface area contributed by atoms with Crippen LogP contribution < -0.4 is 5.32 Å². The zero-order valence-corrected chi connectivity index (χ0v) is 14.3. The highest BCUT2D eigenvalue weighted by Crippen LogP contribution is 2.23. The van der Waals surface area contributed by atoms with Crippen LogP contribution in [0.25, 0.3) is 0 Å². The summed E-state index contributed by atoms with van der Waals surface area (Å²) in [4.78, 5) is 27.5. The van der Waals surface area contributed by atoms with Crippen molar-refractivity contribution in [1.82, 2.24) is 4.98 Å². The van der Waals surface area contributed by atoms with E-state index in [0.29, 0.717) is 33.2 Å². The number of aromatic nitrogens is 1. The molecule has 0 aliphatic carbocycles. The van der Waals surface area contributed by atoms with Crippen LogP contribution in [-0.4, -0.2) is 23.5 Å². The third-order valence-electron chi connectivity index (χ3n) is 3.59. The van der Waals surface area contributed by atoms with Gasteiger partial charge in [0.2, 0.25) is 0 Å². The predicted octanol–water partition coefficient (Wildman–Crippen LogP) is 4.02. The quantitative estimate of drug-likeness (QED) is 0.829. The molecule has 122 valence electrons. The zero-order valence-electron chi connectivity index (χ0n) is 13.5. The van der Waals surface area contributed by atoms with Crippen LogP contribution in [-0.2, 0) is 4.74 Å². The Bertz CT molecular complexity index is 765. The van der Waals surface area contributed by atoms with Crippen LogP contribution in [0.1, 0.15) is 44.6 Å². The Morgan fingerprint density at radius 1 is 1.26 bits per heavy atom. The second kappa shape index (κ2) is 6.87. The number of halogens is 1. The van der Waals surface area contributed by atoms with E-state index in [1.807, 2.05) is 13.0 Å². The lowest BCUT2D eigenvalue weighted by Gasteiger charge is -2.08. The first-order valence-electron chi connectivity index (χ1n) is 7.29. The topological polar surface area (TPSA) is 71.2 Å². The van der Waals surface area contributed by atoms with E-state index in [0.717, 1.165) is 5.56 Å². The van der Waals surface area contributed by atoms with E-state index in [1.54, 1.807) is 32.9 Å². The van der Waals surface area contributed by atoms with Gasteiger partial charge in [-0.2, -0.15) is 0 Å². The van der Waals surface area contributed by atoms with Crippen LogP contribution in [0.5, 0.6) is 0 Å². The van der Waals surface area contributed by atoms with Crippen LogP contribution in [0.3, 0.4) is 0 Å². The standard InChI is InChI=1S/C17H19ClN2O3/c1-5-23-17(22)14-10(3)15(19-11(14)4)16(21)20-13-8-12(18)7-6-9(13)2/h6-8,19H,5H2,1-4H3,(H,20,21). The molecule has 0 spiro atoms. The number of rotatable bonds is 4. The number of anilines is 1. The minimum absolute atomic E-state index is 0.284. The van der Waals surface area contributed by atoms with Gasteiger partial charge >= 0.3 is 5.97 Å². The largest absolute Gasteiger partial charge is 0.462 e. The van der Waals surface area contributed by atoms with Gasteiger partial charge in [0.15, 0.2) is 0 Å². The molecule has 1 aromatic heterocycles. The maximum absolute atomic E-state index is 12.5. The van der Waals surface area contributed by atoms with Gasteiger partial charge in [-0.15, -0.1) is 0 Å². The summed E-state index contributed by atoms with van der Waals surface area (Å²) in [6.07, 6.45) is 0. The van der Waals surface area contributed by atoms with E-state index in [1.165, 1.54) is 0 Å². The normalized spacial score (nSPS) is 10.5. The third kappa shape index (κ3) is 3.56. The summed E-state index contributed by atoms with van der Waals surface area (Å²) in [6.45, 7) is 7.36. The molecule has 5 nitrogen and oxygen atoms in total. The summed E-state index contributed by atoms with van der Waals surface area (Å²) in [5.74, 6) is -0.761. The van der Waals surface area contributed by atoms with Gasteiger partial charge < -0.3 is 15.0 Å². The molecule has 0 fully saturated rings. The molecule has 1 heterocycles. The lowest BCUT2D eigenvalue weighted by molar-refractivity contribution is 0.0525. The minimum Gasteiger partial charge on any atom is -0.462 e. The Balaban J connectivity index is 2.32. The van der Waals surface area contributed by atoms with Gasteiger partial charge in [0, 0.05) is 16.4 Å². The fourth-order valence-electron chi connectivity index (χ4n) is 2.40. The maximum atomic E-state index is 12.5. The smallest absolute Gasteiger partial charge is 0.340 e. The van der Waals surface area contributed by atoms with Gasteiger partial charge in [-0.1, -0.05) is 17.7 Å². The van der Waals surface area contributed by atoms with Crippen LogP contribution in [0.15, 0.2) is 18.2 Å². The Kier molecular flexibility index (Phi) is 5.11. The monoisotopic (exact) mass is 334 g/mol. The summed E-state index contributed by atoms with van der Waals surface area (Å²) in [5, 5.41) is 3.35. The number of ether oxygens (including phenoxy) is 1. The number of hydrogen-bond acceptors (Lipinski definition) is 3. The van der Waals surface area contributed by atoms with E-state index in [-0.39, 0.29) is 12.5 Å². The molecule has 0 bridgehead atoms. The Morgan fingerprint density at radius 3 is 2.61 bits per heavy atom. The molecule has 0 aliphatic rings. The van der Waals surface area contributed by atoms with Crippen molar-refractivity contribution < 1.29 is 14.3 Å². The molecule has 6 heteroatoms. The molecule has 0 saturated heterocycles. The number of benzene rings is 1. The van der Waals surface area contributed by atoms with Crippen molar-refractivity contribution >= 4 is 29.2 Å². The first-order valence-corrected chi connectivity index (χ1v) is 7.66.